The first-order valence-electron chi connectivity index (χ1n) is 8.64. The third-order valence-electron chi connectivity index (χ3n) is 6.07. The molecule has 1 saturated carbocycles. The average molecular weight is 278 g/mol. The Morgan fingerprint density at radius 2 is 1.65 bits per heavy atom. The van der Waals surface area contributed by atoms with Gasteiger partial charge in [0.15, 0.2) is 0 Å². The van der Waals surface area contributed by atoms with Gasteiger partial charge in [-0.15, -0.1) is 0 Å². The number of hydrogen-bond donors (Lipinski definition) is 0. The SMILES string of the molecule is CC(C)(C)[C@@H]1C[C@@]2(CCN3CCC3)CC2N1C(C)(C)C. The van der Waals surface area contributed by atoms with E-state index in [1.165, 1.54) is 45.3 Å². The van der Waals surface area contributed by atoms with Crippen LogP contribution in [0.4, 0.5) is 0 Å². The molecule has 116 valence electrons. The quantitative estimate of drug-likeness (QED) is 0.775. The van der Waals surface area contributed by atoms with Crippen molar-refractivity contribution in [3.05, 3.63) is 0 Å². The highest BCUT2D eigenvalue weighted by atomic mass is 15.3. The van der Waals surface area contributed by atoms with Crippen LogP contribution in [0.2, 0.25) is 0 Å². The van der Waals surface area contributed by atoms with Gasteiger partial charge in [-0.3, -0.25) is 4.90 Å². The predicted octanol–water partition coefficient (Wildman–Crippen LogP) is 3.76. The van der Waals surface area contributed by atoms with Crippen LogP contribution in [0.25, 0.3) is 0 Å². The van der Waals surface area contributed by atoms with Gasteiger partial charge in [-0.25, -0.2) is 0 Å². The summed E-state index contributed by atoms with van der Waals surface area (Å²) in [7, 11) is 0. The molecule has 2 heterocycles. The number of hydrogen-bond acceptors (Lipinski definition) is 2. The molecule has 2 heteroatoms. The van der Waals surface area contributed by atoms with Crippen molar-refractivity contribution in [1.82, 2.24) is 9.80 Å². The number of nitrogens with zero attached hydrogens (tertiary/aromatic N) is 2. The van der Waals surface area contributed by atoms with Crippen molar-refractivity contribution in [3.63, 3.8) is 0 Å². The van der Waals surface area contributed by atoms with Crippen molar-refractivity contribution >= 4 is 0 Å². The molecule has 1 unspecified atom stereocenters. The Hall–Kier alpha value is -0.0800. The summed E-state index contributed by atoms with van der Waals surface area (Å²) in [5.74, 6) is 0. The molecular formula is C18H34N2. The molecule has 20 heavy (non-hydrogen) atoms. The van der Waals surface area contributed by atoms with Gasteiger partial charge >= 0.3 is 0 Å². The third kappa shape index (κ3) is 2.43. The molecule has 2 saturated heterocycles. The first-order chi connectivity index (χ1) is 9.13. The van der Waals surface area contributed by atoms with Gasteiger partial charge in [-0.1, -0.05) is 20.8 Å². The zero-order valence-electron chi connectivity index (χ0n) is 14.5. The van der Waals surface area contributed by atoms with Crippen LogP contribution in [0, 0.1) is 10.8 Å². The van der Waals surface area contributed by atoms with Gasteiger partial charge < -0.3 is 4.90 Å². The Bertz CT molecular complexity index is 372. The fourth-order valence-electron chi connectivity index (χ4n) is 4.65. The molecule has 0 aromatic heterocycles. The van der Waals surface area contributed by atoms with E-state index < -0.39 is 0 Å². The maximum Gasteiger partial charge on any atom is 0.0168 e. The van der Waals surface area contributed by atoms with E-state index in [0.717, 1.165) is 12.1 Å². The lowest BCUT2D eigenvalue weighted by Crippen LogP contribution is -2.51. The maximum absolute atomic E-state index is 2.88. The van der Waals surface area contributed by atoms with Crippen LogP contribution in [0.15, 0.2) is 0 Å². The molecule has 0 aromatic carbocycles. The molecule has 0 radical (unpaired) electrons. The van der Waals surface area contributed by atoms with Gasteiger partial charge in [0.1, 0.15) is 0 Å². The second-order valence-corrected chi connectivity index (χ2v) is 9.69. The van der Waals surface area contributed by atoms with Crippen LogP contribution in [0.3, 0.4) is 0 Å². The Labute approximate surface area is 125 Å². The molecule has 1 aliphatic carbocycles. The maximum atomic E-state index is 2.88. The molecule has 3 atom stereocenters. The van der Waals surface area contributed by atoms with Crippen molar-refractivity contribution in [2.75, 3.05) is 19.6 Å². The van der Waals surface area contributed by atoms with E-state index in [1.54, 1.807) is 0 Å². The van der Waals surface area contributed by atoms with E-state index in [4.69, 9.17) is 0 Å². The van der Waals surface area contributed by atoms with Crippen molar-refractivity contribution in [2.24, 2.45) is 10.8 Å². The Morgan fingerprint density at radius 1 is 1.00 bits per heavy atom. The van der Waals surface area contributed by atoms with Gasteiger partial charge in [0.2, 0.25) is 0 Å². The van der Waals surface area contributed by atoms with E-state index >= 15 is 0 Å². The lowest BCUT2D eigenvalue weighted by Gasteiger charge is -2.45. The molecule has 0 aromatic rings. The van der Waals surface area contributed by atoms with Crippen molar-refractivity contribution in [3.8, 4) is 0 Å². The van der Waals surface area contributed by atoms with E-state index in [2.05, 4.69) is 51.3 Å². The van der Waals surface area contributed by atoms with Gasteiger partial charge in [-0.05, 0) is 76.9 Å². The lowest BCUT2D eigenvalue weighted by atomic mass is 9.79. The van der Waals surface area contributed by atoms with Gasteiger partial charge in [0.25, 0.3) is 0 Å². The van der Waals surface area contributed by atoms with E-state index in [9.17, 15) is 0 Å². The highest BCUT2D eigenvalue weighted by Crippen LogP contribution is 2.65. The number of fused-ring (bicyclic) bond motifs is 1. The first-order valence-corrected chi connectivity index (χ1v) is 8.64. The molecule has 3 fully saturated rings. The minimum Gasteiger partial charge on any atom is -0.303 e. The molecule has 3 aliphatic rings. The van der Waals surface area contributed by atoms with Crippen LogP contribution >= 0.6 is 0 Å². The molecule has 3 rings (SSSR count). The second-order valence-electron chi connectivity index (χ2n) is 9.69. The molecule has 2 aliphatic heterocycles. The highest BCUT2D eigenvalue weighted by Gasteiger charge is 2.67. The van der Waals surface area contributed by atoms with E-state index in [0.29, 0.717) is 16.4 Å². The lowest BCUT2D eigenvalue weighted by molar-refractivity contribution is 0.0362. The summed E-state index contributed by atoms with van der Waals surface area (Å²) >= 11 is 0. The largest absolute Gasteiger partial charge is 0.303 e. The van der Waals surface area contributed by atoms with Crippen molar-refractivity contribution < 1.29 is 0 Å². The zero-order chi connectivity index (χ0) is 14.8. The smallest absolute Gasteiger partial charge is 0.0168 e. The fraction of sp³-hybridized carbons (Fsp3) is 1.00. The summed E-state index contributed by atoms with van der Waals surface area (Å²) in [6.07, 6.45) is 5.77. The fourth-order valence-corrected chi connectivity index (χ4v) is 4.65. The minimum atomic E-state index is 0.317. The second kappa shape index (κ2) is 4.46. The highest BCUT2D eigenvalue weighted by molar-refractivity contribution is 5.20. The Balaban J connectivity index is 1.71. The average Bonchev–Trinajstić information content (AvgIpc) is 2.77. The van der Waals surface area contributed by atoms with Crippen molar-refractivity contribution in [2.45, 2.75) is 84.8 Å². The molecule has 0 bridgehead atoms. The Morgan fingerprint density at radius 3 is 2.05 bits per heavy atom. The van der Waals surface area contributed by atoms with Crippen LogP contribution in [-0.4, -0.2) is 47.1 Å². The van der Waals surface area contributed by atoms with Crippen LogP contribution in [0.1, 0.15) is 67.2 Å². The van der Waals surface area contributed by atoms with Gasteiger partial charge in [-0.2, -0.15) is 0 Å². The van der Waals surface area contributed by atoms with Crippen LogP contribution < -0.4 is 0 Å². The first kappa shape index (κ1) is 14.8. The summed E-state index contributed by atoms with van der Waals surface area (Å²) in [6, 6.07) is 1.63. The summed E-state index contributed by atoms with van der Waals surface area (Å²) in [5.41, 5.74) is 1.39. The van der Waals surface area contributed by atoms with Crippen LogP contribution in [0.5, 0.6) is 0 Å². The zero-order valence-corrected chi connectivity index (χ0v) is 14.5. The molecule has 2 nitrogen and oxygen atoms in total. The molecule has 0 spiro atoms. The summed E-state index contributed by atoms with van der Waals surface area (Å²) < 4.78 is 0. The summed E-state index contributed by atoms with van der Waals surface area (Å²) in [6.45, 7) is 18.6. The third-order valence-corrected chi connectivity index (χ3v) is 6.07. The molecule has 0 amide bonds. The standard InChI is InChI=1S/C18H34N2/c1-16(2,3)14-12-18(8-11-19-9-7-10-19)13-15(18)20(14)17(4,5)6/h14-15H,7-13H2,1-6H3/t14-,15?,18-/m0/s1. The van der Waals surface area contributed by atoms with Gasteiger partial charge in [0, 0.05) is 17.6 Å². The number of rotatable bonds is 3. The molecule has 0 N–H and O–H groups in total. The van der Waals surface area contributed by atoms with Crippen molar-refractivity contribution in [1.29, 1.82) is 0 Å². The Kier molecular flexibility index (Phi) is 3.31. The van der Waals surface area contributed by atoms with Crippen LogP contribution in [-0.2, 0) is 0 Å². The number of piperidine rings is 1. The monoisotopic (exact) mass is 278 g/mol. The van der Waals surface area contributed by atoms with E-state index in [-0.39, 0.29) is 0 Å². The minimum absolute atomic E-state index is 0.317. The summed E-state index contributed by atoms with van der Waals surface area (Å²) in [4.78, 5) is 5.53. The normalized spacial score (nSPS) is 38.7. The van der Waals surface area contributed by atoms with Gasteiger partial charge in [0.05, 0.1) is 0 Å². The summed E-state index contributed by atoms with van der Waals surface area (Å²) in [5, 5.41) is 0. The van der Waals surface area contributed by atoms with E-state index in [1.807, 2.05) is 0 Å². The number of likely N-dealkylation sites (tertiary alicyclic amines) is 2. The molecular weight excluding hydrogens is 244 g/mol. The predicted molar refractivity (Wildman–Crippen MR) is 86.0 cm³/mol. The topological polar surface area (TPSA) is 6.48 Å².